The number of esters is 1. The third-order valence-electron chi connectivity index (χ3n) is 3.38. The lowest BCUT2D eigenvalue weighted by molar-refractivity contribution is -0.144. The highest BCUT2D eigenvalue weighted by atomic mass is 79.9. The van der Waals surface area contributed by atoms with Crippen molar-refractivity contribution in [3.63, 3.8) is 0 Å². The highest BCUT2D eigenvalue weighted by Crippen LogP contribution is 2.32. The molecule has 2 rings (SSSR count). The molecule has 2 unspecified atom stereocenters. The zero-order valence-electron chi connectivity index (χ0n) is 12.8. The first-order valence-corrected chi connectivity index (χ1v) is 8.59. The minimum Gasteiger partial charge on any atom is -0.497 e. The van der Waals surface area contributed by atoms with Crippen molar-refractivity contribution >= 4 is 43.5 Å². The van der Waals surface area contributed by atoms with Crippen molar-refractivity contribution in [2.45, 2.75) is 25.5 Å². The molecule has 0 radical (unpaired) electrons. The van der Waals surface area contributed by atoms with Crippen molar-refractivity contribution in [1.29, 1.82) is 0 Å². The van der Waals surface area contributed by atoms with Crippen molar-refractivity contribution in [2.24, 2.45) is 5.73 Å². The maximum absolute atomic E-state index is 11.1. The second-order valence-electron chi connectivity index (χ2n) is 5.07. The van der Waals surface area contributed by atoms with Gasteiger partial charge < -0.3 is 20.5 Å². The molecule has 0 fully saturated rings. The van der Waals surface area contributed by atoms with Gasteiger partial charge in [-0.3, -0.25) is 4.79 Å². The summed E-state index contributed by atoms with van der Waals surface area (Å²) in [6.07, 6.45) is 3.90. The number of nitrogens with two attached hydrogens (primary N) is 1. The van der Waals surface area contributed by atoms with E-state index in [1.807, 2.05) is 30.4 Å². The van der Waals surface area contributed by atoms with E-state index in [1.54, 1.807) is 7.11 Å². The van der Waals surface area contributed by atoms with Crippen molar-refractivity contribution in [1.82, 2.24) is 0 Å². The molecular formula is C16H18Br2N2O3. The third-order valence-corrected chi connectivity index (χ3v) is 4.74. The number of anilines is 1. The van der Waals surface area contributed by atoms with Gasteiger partial charge in [0.05, 0.1) is 17.4 Å². The normalized spacial score (nSPS) is 22.5. The number of carbonyl (C=O) groups is 1. The second-order valence-corrected chi connectivity index (χ2v) is 6.72. The van der Waals surface area contributed by atoms with E-state index in [1.165, 1.54) is 6.92 Å². The fourth-order valence-corrected chi connectivity index (χ4v) is 3.33. The van der Waals surface area contributed by atoms with Gasteiger partial charge >= 0.3 is 5.97 Å². The van der Waals surface area contributed by atoms with E-state index in [0.29, 0.717) is 6.42 Å². The molecule has 0 saturated carbocycles. The number of nitrogens with one attached hydrogen (secondary N) is 1. The maximum atomic E-state index is 11.1. The molecule has 5 nitrogen and oxygen atoms in total. The Balaban J connectivity index is 2.19. The zero-order chi connectivity index (χ0) is 17.0. The average molecular weight is 446 g/mol. The monoisotopic (exact) mass is 444 g/mol. The fraction of sp³-hybridized carbons (Fsp3) is 0.312. The number of ether oxygens (including phenoxy) is 2. The van der Waals surface area contributed by atoms with Crippen molar-refractivity contribution in [2.75, 3.05) is 12.4 Å². The Kier molecular flexibility index (Phi) is 6.26. The fourth-order valence-electron chi connectivity index (χ4n) is 2.23. The van der Waals surface area contributed by atoms with Crippen LogP contribution in [0.5, 0.6) is 5.75 Å². The summed E-state index contributed by atoms with van der Waals surface area (Å²) in [5.41, 5.74) is 7.93. The van der Waals surface area contributed by atoms with Gasteiger partial charge in [0.25, 0.3) is 0 Å². The summed E-state index contributed by atoms with van der Waals surface area (Å²) in [4.78, 5) is 11.1. The van der Waals surface area contributed by atoms with E-state index in [9.17, 15) is 4.79 Å². The molecule has 1 aromatic carbocycles. The van der Waals surface area contributed by atoms with Crippen molar-refractivity contribution < 1.29 is 14.3 Å². The lowest BCUT2D eigenvalue weighted by Crippen LogP contribution is -2.30. The van der Waals surface area contributed by atoms with Gasteiger partial charge in [0, 0.05) is 23.9 Å². The van der Waals surface area contributed by atoms with E-state index in [2.05, 4.69) is 37.2 Å². The molecule has 2 atom stereocenters. The Bertz CT molecular complexity index is 659. The Morgan fingerprint density at radius 2 is 2.13 bits per heavy atom. The van der Waals surface area contributed by atoms with Gasteiger partial charge in [-0.2, -0.15) is 0 Å². The third kappa shape index (κ3) is 4.83. The highest BCUT2D eigenvalue weighted by Gasteiger charge is 2.23. The quantitative estimate of drug-likeness (QED) is 0.420. The Morgan fingerprint density at radius 1 is 1.39 bits per heavy atom. The van der Waals surface area contributed by atoms with Crippen LogP contribution in [0.1, 0.15) is 13.3 Å². The number of methoxy groups -OCH3 is 1. The van der Waals surface area contributed by atoms with E-state index in [4.69, 9.17) is 15.2 Å². The largest absolute Gasteiger partial charge is 0.497 e. The molecule has 1 aromatic rings. The molecule has 0 aliphatic heterocycles. The summed E-state index contributed by atoms with van der Waals surface area (Å²) in [7, 11) is 1.62. The molecule has 1 aliphatic rings. The number of halogens is 2. The van der Waals surface area contributed by atoms with Crippen molar-refractivity contribution in [3.05, 3.63) is 45.0 Å². The van der Waals surface area contributed by atoms with Crippen LogP contribution in [-0.2, 0) is 9.53 Å². The predicted octanol–water partition coefficient (Wildman–Crippen LogP) is 3.70. The average Bonchev–Trinajstić information content (AvgIpc) is 2.50. The first-order chi connectivity index (χ1) is 10.9. The Labute approximate surface area is 152 Å². The number of rotatable bonds is 4. The van der Waals surface area contributed by atoms with E-state index in [0.717, 1.165) is 26.1 Å². The maximum Gasteiger partial charge on any atom is 0.303 e. The molecule has 23 heavy (non-hydrogen) atoms. The molecule has 124 valence electrons. The molecule has 1 aliphatic carbocycles. The summed E-state index contributed by atoms with van der Waals surface area (Å²) in [6.45, 7) is 1.40. The lowest BCUT2D eigenvalue weighted by Gasteiger charge is -2.25. The topological polar surface area (TPSA) is 73.6 Å². The van der Waals surface area contributed by atoms with Gasteiger partial charge in [-0.25, -0.2) is 0 Å². The van der Waals surface area contributed by atoms with Crippen LogP contribution in [0, 0.1) is 0 Å². The molecule has 0 spiro atoms. The Morgan fingerprint density at radius 3 is 2.74 bits per heavy atom. The molecule has 0 amide bonds. The predicted molar refractivity (Wildman–Crippen MR) is 97.6 cm³/mol. The molecular weight excluding hydrogens is 428 g/mol. The molecule has 7 heteroatoms. The zero-order valence-corrected chi connectivity index (χ0v) is 16.0. The number of carbonyl (C=O) groups excluding carboxylic acids is 1. The lowest BCUT2D eigenvalue weighted by atomic mass is 9.95. The summed E-state index contributed by atoms with van der Waals surface area (Å²) in [6, 6.07) is 5.40. The van der Waals surface area contributed by atoms with E-state index in [-0.39, 0.29) is 18.1 Å². The van der Waals surface area contributed by atoms with Crippen LogP contribution < -0.4 is 15.8 Å². The van der Waals surface area contributed by atoms with Crippen LogP contribution in [0.3, 0.4) is 0 Å². The second kappa shape index (κ2) is 7.99. The molecule has 0 saturated heterocycles. The van der Waals surface area contributed by atoms with Gasteiger partial charge in [-0.15, -0.1) is 0 Å². The van der Waals surface area contributed by atoms with Gasteiger partial charge in [-0.05, 0) is 61.7 Å². The smallest absolute Gasteiger partial charge is 0.303 e. The van der Waals surface area contributed by atoms with E-state index >= 15 is 0 Å². The van der Waals surface area contributed by atoms with Crippen LogP contribution in [0.15, 0.2) is 45.0 Å². The molecule has 0 bridgehead atoms. The molecule has 0 heterocycles. The standard InChI is InChI=1S/C16H18Br2N2O3/c1-9(21)23-11-3-5-14(19)12(7-11)16(18)20-15-6-4-10(22-2)8-13(15)17/h3-6,8,11,14,20H,7,19H2,1-2H3/b16-12-. The van der Waals surface area contributed by atoms with Crippen LogP contribution in [0.25, 0.3) is 0 Å². The number of hydrogen-bond acceptors (Lipinski definition) is 5. The first-order valence-electron chi connectivity index (χ1n) is 7.01. The summed E-state index contributed by atoms with van der Waals surface area (Å²) in [5.74, 6) is 0.454. The Hall–Kier alpha value is -1.31. The van der Waals surface area contributed by atoms with Crippen LogP contribution in [-0.4, -0.2) is 25.2 Å². The number of benzene rings is 1. The SMILES string of the molecule is COc1ccc(N/C(Br)=C2/CC(OC(C)=O)C=CC2N)c(Br)c1. The summed E-state index contributed by atoms with van der Waals surface area (Å²) < 4.78 is 12.0. The van der Waals surface area contributed by atoms with Crippen molar-refractivity contribution in [3.8, 4) is 5.75 Å². The number of hydrogen-bond donors (Lipinski definition) is 2. The first kappa shape index (κ1) is 18.0. The molecule has 3 N–H and O–H groups in total. The minimum atomic E-state index is -0.309. The van der Waals surface area contributed by atoms with Crippen LogP contribution in [0.2, 0.25) is 0 Å². The van der Waals surface area contributed by atoms with Crippen LogP contribution in [0.4, 0.5) is 5.69 Å². The van der Waals surface area contributed by atoms with Gasteiger partial charge in [-0.1, -0.05) is 6.08 Å². The highest BCUT2D eigenvalue weighted by molar-refractivity contribution is 9.12. The van der Waals surface area contributed by atoms with Gasteiger partial charge in [0.1, 0.15) is 11.9 Å². The van der Waals surface area contributed by atoms with Gasteiger partial charge in [0.2, 0.25) is 0 Å². The molecule has 0 aromatic heterocycles. The van der Waals surface area contributed by atoms with Gasteiger partial charge in [0.15, 0.2) is 0 Å². The minimum absolute atomic E-state index is 0.235. The van der Waals surface area contributed by atoms with Crippen LogP contribution >= 0.6 is 31.9 Å². The summed E-state index contributed by atoms with van der Waals surface area (Å²) >= 11 is 7.04. The van der Waals surface area contributed by atoms with E-state index < -0.39 is 0 Å². The summed E-state index contributed by atoms with van der Waals surface area (Å²) in [5, 5.41) is 3.27.